The SMILES string of the molecule is CCc1c(C(=O)N(C)CC(=O)Nc2cccc(Cl)c2)nnn1Cc1ccccc1. The largest absolute Gasteiger partial charge is 0.331 e. The molecular weight excluding hydrogens is 390 g/mol. The summed E-state index contributed by atoms with van der Waals surface area (Å²) in [6.07, 6.45) is 0.601. The zero-order valence-electron chi connectivity index (χ0n) is 16.3. The van der Waals surface area contributed by atoms with Crippen LogP contribution in [0.4, 0.5) is 5.69 Å². The topological polar surface area (TPSA) is 80.1 Å². The van der Waals surface area contributed by atoms with E-state index in [4.69, 9.17) is 11.6 Å². The fourth-order valence-electron chi connectivity index (χ4n) is 2.97. The zero-order chi connectivity index (χ0) is 20.8. The molecule has 0 radical (unpaired) electrons. The molecule has 3 aromatic rings. The molecule has 0 aliphatic carbocycles. The summed E-state index contributed by atoms with van der Waals surface area (Å²) in [7, 11) is 1.57. The van der Waals surface area contributed by atoms with Gasteiger partial charge in [0.2, 0.25) is 5.91 Å². The highest BCUT2D eigenvalue weighted by atomic mass is 35.5. The van der Waals surface area contributed by atoms with Gasteiger partial charge in [0.1, 0.15) is 0 Å². The second kappa shape index (κ2) is 9.34. The van der Waals surface area contributed by atoms with Crippen molar-refractivity contribution in [1.82, 2.24) is 19.9 Å². The van der Waals surface area contributed by atoms with E-state index >= 15 is 0 Å². The number of nitrogens with zero attached hydrogens (tertiary/aromatic N) is 4. The summed E-state index contributed by atoms with van der Waals surface area (Å²) in [5.41, 5.74) is 2.65. The van der Waals surface area contributed by atoms with Crippen LogP contribution in [0.3, 0.4) is 0 Å². The van der Waals surface area contributed by atoms with Gasteiger partial charge in [-0.1, -0.05) is 60.1 Å². The van der Waals surface area contributed by atoms with Gasteiger partial charge in [-0.25, -0.2) is 4.68 Å². The molecule has 0 spiro atoms. The van der Waals surface area contributed by atoms with Crippen molar-refractivity contribution in [1.29, 1.82) is 0 Å². The smallest absolute Gasteiger partial charge is 0.276 e. The summed E-state index contributed by atoms with van der Waals surface area (Å²) in [5.74, 6) is -0.666. The van der Waals surface area contributed by atoms with Crippen molar-refractivity contribution < 1.29 is 9.59 Å². The van der Waals surface area contributed by atoms with Gasteiger partial charge in [0, 0.05) is 17.8 Å². The van der Waals surface area contributed by atoms with Crippen LogP contribution in [0.1, 0.15) is 28.7 Å². The molecule has 150 valence electrons. The molecule has 1 heterocycles. The molecule has 3 rings (SSSR count). The first-order chi connectivity index (χ1) is 14.0. The average molecular weight is 412 g/mol. The molecule has 1 aromatic heterocycles. The summed E-state index contributed by atoms with van der Waals surface area (Å²) < 4.78 is 1.72. The number of amides is 2. The lowest BCUT2D eigenvalue weighted by atomic mass is 10.2. The number of likely N-dealkylation sites (N-methyl/N-ethyl adjacent to an activating group) is 1. The Kier molecular flexibility index (Phi) is 6.61. The first-order valence-electron chi connectivity index (χ1n) is 9.25. The van der Waals surface area contributed by atoms with E-state index in [0.29, 0.717) is 23.7 Å². The van der Waals surface area contributed by atoms with E-state index in [-0.39, 0.29) is 24.1 Å². The number of hydrogen-bond donors (Lipinski definition) is 1. The van der Waals surface area contributed by atoms with E-state index in [1.54, 1.807) is 36.0 Å². The summed E-state index contributed by atoms with van der Waals surface area (Å²) in [6.45, 7) is 2.37. The van der Waals surface area contributed by atoms with Crippen molar-refractivity contribution in [3.63, 3.8) is 0 Å². The predicted octanol–water partition coefficient (Wildman–Crippen LogP) is 3.25. The molecule has 2 amide bonds. The van der Waals surface area contributed by atoms with E-state index in [0.717, 1.165) is 11.3 Å². The van der Waals surface area contributed by atoms with Gasteiger partial charge in [0.05, 0.1) is 18.8 Å². The van der Waals surface area contributed by atoms with Gasteiger partial charge in [-0.2, -0.15) is 0 Å². The van der Waals surface area contributed by atoms with Crippen LogP contribution in [0, 0.1) is 0 Å². The van der Waals surface area contributed by atoms with Crippen molar-refractivity contribution >= 4 is 29.1 Å². The molecule has 0 saturated carbocycles. The molecule has 0 aliphatic heterocycles. The lowest BCUT2D eigenvalue weighted by molar-refractivity contribution is -0.116. The lowest BCUT2D eigenvalue weighted by Gasteiger charge is -2.16. The monoisotopic (exact) mass is 411 g/mol. The maximum atomic E-state index is 12.8. The van der Waals surface area contributed by atoms with Crippen LogP contribution in [-0.4, -0.2) is 45.3 Å². The first-order valence-corrected chi connectivity index (χ1v) is 9.63. The summed E-state index contributed by atoms with van der Waals surface area (Å²) >= 11 is 5.92. The quantitative estimate of drug-likeness (QED) is 0.647. The molecule has 0 bridgehead atoms. The molecule has 0 atom stereocenters. The highest BCUT2D eigenvalue weighted by Gasteiger charge is 2.23. The van der Waals surface area contributed by atoms with Gasteiger partial charge in [0.15, 0.2) is 5.69 Å². The van der Waals surface area contributed by atoms with Crippen molar-refractivity contribution in [2.75, 3.05) is 18.9 Å². The van der Waals surface area contributed by atoms with Crippen LogP contribution >= 0.6 is 11.6 Å². The normalized spacial score (nSPS) is 10.6. The molecule has 2 aromatic carbocycles. The maximum Gasteiger partial charge on any atom is 0.276 e. The Hall–Kier alpha value is -3.19. The number of carbonyl (C=O) groups excluding carboxylic acids is 2. The first kappa shape index (κ1) is 20.5. The molecule has 29 heavy (non-hydrogen) atoms. The van der Waals surface area contributed by atoms with Crippen LogP contribution in [0.5, 0.6) is 0 Å². The van der Waals surface area contributed by atoms with Gasteiger partial charge in [0.25, 0.3) is 5.91 Å². The number of benzene rings is 2. The van der Waals surface area contributed by atoms with E-state index in [1.165, 1.54) is 4.90 Å². The minimum Gasteiger partial charge on any atom is -0.331 e. The predicted molar refractivity (Wildman–Crippen MR) is 112 cm³/mol. The Morgan fingerprint density at radius 2 is 1.90 bits per heavy atom. The number of carbonyl (C=O) groups is 2. The Morgan fingerprint density at radius 3 is 2.59 bits per heavy atom. The van der Waals surface area contributed by atoms with Crippen molar-refractivity contribution in [3.05, 3.63) is 76.6 Å². The van der Waals surface area contributed by atoms with Gasteiger partial charge in [-0.3, -0.25) is 9.59 Å². The summed E-state index contributed by atoms with van der Waals surface area (Å²) in [4.78, 5) is 26.5. The lowest BCUT2D eigenvalue weighted by Crippen LogP contribution is -2.35. The molecule has 0 saturated heterocycles. The highest BCUT2D eigenvalue weighted by molar-refractivity contribution is 6.30. The fraction of sp³-hybridized carbons (Fsp3) is 0.238. The number of halogens is 1. The summed E-state index contributed by atoms with van der Waals surface area (Å²) in [5, 5.41) is 11.5. The standard InChI is InChI=1S/C21H22ClN5O2/c1-3-18-20(24-25-27(18)13-15-8-5-4-6-9-15)21(29)26(2)14-19(28)23-17-11-7-10-16(22)12-17/h4-12H,3,13-14H2,1-2H3,(H,23,28). The second-order valence-electron chi connectivity index (χ2n) is 6.60. The van der Waals surface area contributed by atoms with E-state index in [2.05, 4.69) is 15.6 Å². The summed E-state index contributed by atoms with van der Waals surface area (Å²) in [6, 6.07) is 16.7. The molecular formula is C21H22ClN5O2. The molecule has 0 unspecified atom stereocenters. The van der Waals surface area contributed by atoms with Gasteiger partial charge < -0.3 is 10.2 Å². The van der Waals surface area contributed by atoms with Crippen molar-refractivity contribution in [3.8, 4) is 0 Å². The number of nitrogens with one attached hydrogen (secondary N) is 1. The van der Waals surface area contributed by atoms with Crippen LogP contribution in [0.15, 0.2) is 54.6 Å². The Labute approximate surface area is 174 Å². The Bertz CT molecular complexity index is 1000. The van der Waals surface area contributed by atoms with Crippen LogP contribution in [0.25, 0.3) is 0 Å². The zero-order valence-corrected chi connectivity index (χ0v) is 17.1. The van der Waals surface area contributed by atoms with Crippen LogP contribution < -0.4 is 5.32 Å². The Balaban J connectivity index is 1.68. The number of aromatic nitrogens is 3. The number of rotatable bonds is 7. The molecule has 0 fully saturated rings. The minimum atomic E-state index is -0.345. The van der Waals surface area contributed by atoms with E-state index in [9.17, 15) is 9.59 Å². The third-order valence-electron chi connectivity index (χ3n) is 4.39. The van der Waals surface area contributed by atoms with Gasteiger partial charge >= 0.3 is 0 Å². The van der Waals surface area contributed by atoms with Crippen LogP contribution in [-0.2, 0) is 17.8 Å². The average Bonchev–Trinajstić information content (AvgIpc) is 3.10. The molecule has 1 N–H and O–H groups in total. The number of anilines is 1. The number of hydrogen-bond acceptors (Lipinski definition) is 4. The van der Waals surface area contributed by atoms with Crippen molar-refractivity contribution in [2.45, 2.75) is 19.9 Å². The molecule has 0 aliphatic rings. The minimum absolute atomic E-state index is 0.111. The van der Waals surface area contributed by atoms with Gasteiger partial charge in [-0.05, 0) is 30.2 Å². The van der Waals surface area contributed by atoms with Gasteiger partial charge in [-0.15, -0.1) is 5.10 Å². The Morgan fingerprint density at radius 1 is 1.14 bits per heavy atom. The van der Waals surface area contributed by atoms with E-state index < -0.39 is 0 Å². The second-order valence-corrected chi connectivity index (χ2v) is 7.04. The fourth-order valence-corrected chi connectivity index (χ4v) is 3.16. The van der Waals surface area contributed by atoms with Crippen molar-refractivity contribution in [2.24, 2.45) is 0 Å². The van der Waals surface area contributed by atoms with Crippen LogP contribution in [0.2, 0.25) is 5.02 Å². The highest BCUT2D eigenvalue weighted by Crippen LogP contribution is 2.15. The molecule has 8 heteroatoms. The maximum absolute atomic E-state index is 12.8. The van der Waals surface area contributed by atoms with E-state index in [1.807, 2.05) is 37.3 Å². The third kappa shape index (κ3) is 5.20. The molecule has 7 nitrogen and oxygen atoms in total. The third-order valence-corrected chi connectivity index (χ3v) is 4.62.